The number of carbonyl (C=O) groups excluding carboxylic acids is 1. The number of anilines is 1. The molecule has 0 spiro atoms. The van der Waals surface area contributed by atoms with Crippen molar-refractivity contribution >= 4 is 17.4 Å². The molecule has 1 amide bonds. The maximum absolute atomic E-state index is 10.5. The molecule has 80 valence electrons. The second kappa shape index (κ2) is 4.85. The minimum atomic E-state index is -0.435. The molecule has 0 saturated heterocycles. The number of amidine groups is 1. The van der Waals surface area contributed by atoms with Crippen LogP contribution in [0.5, 0.6) is 0 Å². The number of benzene rings is 1. The predicted octanol–water partition coefficient (Wildman–Crippen LogP) is -0.322. The number of nitrogens with two attached hydrogens (primary N) is 2. The van der Waals surface area contributed by atoms with Crippen LogP contribution in [0.15, 0.2) is 29.4 Å². The maximum Gasteiger partial charge on any atom is 0.236 e. The molecule has 0 heterocycles. The lowest BCUT2D eigenvalue weighted by Crippen LogP contribution is -2.21. The lowest BCUT2D eigenvalue weighted by Gasteiger charge is -2.04. The molecule has 6 heteroatoms. The molecule has 0 aliphatic heterocycles. The summed E-state index contributed by atoms with van der Waals surface area (Å²) >= 11 is 0. The monoisotopic (exact) mass is 208 g/mol. The van der Waals surface area contributed by atoms with Crippen molar-refractivity contribution in [2.24, 2.45) is 16.6 Å². The lowest BCUT2D eigenvalue weighted by molar-refractivity contribution is -0.116. The summed E-state index contributed by atoms with van der Waals surface area (Å²) in [5.41, 5.74) is 11.7. The van der Waals surface area contributed by atoms with Crippen molar-refractivity contribution in [1.82, 2.24) is 0 Å². The smallest absolute Gasteiger partial charge is 0.236 e. The second-order valence-electron chi connectivity index (χ2n) is 2.88. The Kier molecular flexibility index (Phi) is 3.50. The van der Waals surface area contributed by atoms with E-state index < -0.39 is 5.91 Å². The van der Waals surface area contributed by atoms with E-state index in [2.05, 4.69) is 10.5 Å². The van der Waals surface area contributed by atoms with Gasteiger partial charge < -0.3 is 22.0 Å². The summed E-state index contributed by atoms with van der Waals surface area (Å²) in [6, 6.07) is 6.74. The Bertz CT molecular complexity index is 372. The minimum Gasteiger partial charge on any atom is -0.409 e. The zero-order chi connectivity index (χ0) is 11.3. The van der Waals surface area contributed by atoms with Crippen molar-refractivity contribution in [3.05, 3.63) is 29.8 Å². The number of carbonyl (C=O) groups is 1. The summed E-state index contributed by atoms with van der Waals surface area (Å²) < 4.78 is 0. The number of amides is 1. The zero-order valence-electron chi connectivity index (χ0n) is 7.97. The SMILES string of the molecule is NC(=O)CNc1ccc(C(N)=NO)cc1. The van der Waals surface area contributed by atoms with Gasteiger partial charge in [0, 0.05) is 11.3 Å². The van der Waals surface area contributed by atoms with Crippen LogP contribution in [0.2, 0.25) is 0 Å². The molecule has 6 N–H and O–H groups in total. The van der Waals surface area contributed by atoms with Crippen LogP contribution in [-0.2, 0) is 4.79 Å². The predicted molar refractivity (Wildman–Crippen MR) is 56.6 cm³/mol. The molecule has 0 atom stereocenters. The summed E-state index contributed by atoms with van der Waals surface area (Å²) in [5.74, 6) is -0.396. The zero-order valence-corrected chi connectivity index (χ0v) is 7.97. The number of hydrogen-bond donors (Lipinski definition) is 4. The van der Waals surface area contributed by atoms with Gasteiger partial charge in [-0.25, -0.2) is 0 Å². The van der Waals surface area contributed by atoms with Gasteiger partial charge in [-0.05, 0) is 24.3 Å². The van der Waals surface area contributed by atoms with E-state index in [-0.39, 0.29) is 12.4 Å². The summed E-state index contributed by atoms with van der Waals surface area (Å²) in [5, 5.41) is 14.1. The highest BCUT2D eigenvalue weighted by Gasteiger charge is 1.99. The molecule has 0 aliphatic rings. The highest BCUT2D eigenvalue weighted by Crippen LogP contribution is 2.08. The fourth-order valence-corrected chi connectivity index (χ4v) is 1.01. The van der Waals surface area contributed by atoms with Crippen LogP contribution >= 0.6 is 0 Å². The van der Waals surface area contributed by atoms with Crippen LogP contribution in [0.25, 0.3) is 0 Å². The van der Waals surface area contributed by atoms with Gasteiger partial charge in [-0.2, -0.15) is 0 Å². The molecule has 0 unspecified atom stereocenters. The van der Waals surface area contributed by atoms with Crippen molar-refractivity contribution < 1.29 is 10.0 Å². The van der Waals surface area contributed by atoms with Crippen molar-refractivity contribution in [3.8, 4) is 0 Å². The number of primary amides is 1. The van der Waals surface area contributed by atoms with Gasteiger partial charge in [0.2, 0.25) is 5.91 Å². The molecule has 0 aliphatic carbocycles. The fraction of sp³-hybridized carbons (Fsp3) is 0.111. The summed E-state index contributed by atoms with van der Waals surface area (Å²) in [6.07, 6.45) is 0. The van der Waals surface area contributed by atoms with Crippen LogP contribution in [0.3, 0.4) is 0 Å². The van der Waals surface area contributed by atoms with Gasteiger partial charge in [-0.1, -0.05) is 5.16 Å². The van der Waals surface area contributed by atoms with Crippen LogP contribution < -0.4 is 16.8 Å². The van der Waals surface area contributed by atoms with E-state index in [1.165, 1.54) is 0 Å². The first-order chi connectivity index (χ1) is 7.13. The molecule has 1 aromatic carbocycles. The Balaban J connectivity index is 2.68. The third-order valence-electron chi connectivity index (χ3n) is 1.76. The van der Waals surface area contributed by atoms with E-state index in [9.17, 15) is 4.79 Å². The molecule has 0 saturated carbocycles. The van der Waals surface area contributed by atoms with Gasteiger partial charge in [-0.15, -0.1) is 0 Å². The molecule has 0 bridgehead atoms. The number of hydrogen-bond acceptors (Lipinski definition) is 4. The number of rotatable bonds is 4. The highest BCUT2D eigenvalue weighted by atomic mass is 16.4. The van der Waals surface area contributed by atoms with Gasteiger partial charge in [0.1, 0.15) is 0 Å². The van der Waals surface area contributed by atoms with Gasteiger partial charge in [-0.3, -0.25) is 4.79 Å². The Labute approximate surface area is 86.6 Å². The Morgan fingerprint density at radius 3 is 2.40 bits per heavy atom. The molecule has 15 heavy (non-hydrogen) atoms. The number of nitrogens with zero attached hydrogens (tertiary/aromatic N) is 1. The number of nitrogens with one attached hydrogen (secondary N) is 1. The third kappa shape index (κ3) is 3.18. The first-order valence-electron chi connectivity index (χ1n) is 4.23. The topological polar surface area (TPSA) is 114 Å². The first-order valence-corrected chi connectivity index (χ1v) is 4.23. The molecule has 6 nitrogen and oxygen atoms in total. The lowest BCUT2D eigenvalue weighted by atomic mass is 10.2. The molecular weight excluding hydrogens is 196 g/mol. The van der Waals surface area contributed by atoms with Gasteiger partial charge >= 0.3 is 0 Å². The largest absolute Gasteiger partial charge is 0.409 e. The van der Waals surface area contributed by atoms with Crippen LogP contribution in [-0.4, -0.2) is 23.5 Å². The Morgan fingerprint density at radius 2 is 1.93 bits per heavy atom. The molecule has 0 fully saturated rings. The van der Waals surface area contributed by atoms with E-state index >= 15 is 0 Å². The van der Waals surface area contributed by atoms with E-state index in [0.29, 0.717) is 5.56 Å². The quantitative estimate of drug-likeness (QED) is 0.235. The van der Waals surface area contributed by atoms with Crippen molar-refractivity contribution in [2.45, 2.75) is 0 Å². The molecule has 0 radical (unpaired) electrons. The standard InChI is InChI=1S/C9H12N4O2/c10-8(14)5-12-7-3-1-6(2-4-7)9(11)13-15/h1-4,12,15H,5H2,(H2,10,14)(H2,11,13). The summed E-state index contributed by atoms with van der Waals surface area (Å²) in [7, 11) is 0. The fourth-order valence-electron chi connectivity index (χ4n) is 1.01. The van der Waals surface area contributed by atoms with E-state index in [4.69, 9.17) is 16.7 Å². The van der Waals surface area contributed by atoms with Crippen molar-refractivity contribution in [1.29, 1.82) is 0 Å². The Morgan fingerprint density at radius 1 is 1.33 bits per heavy atom. The summed E-state index contributed by atoms with van der Waals surface area (Å²) in [4.78, 5) is 10.5. The average molecular weight is 208 g/mol. The van der Waals surface area contributed by atoms with Crippen LogP contribution in [0.1, 0.15) is 5.56 Å². The van der Waals surface area contributed by atoms with E-state index in [0.717, 1.165) is 5.69 Å². The first kappa shape index (κ1) is 10.8. The van der Waals surface area contributed by atoms with Crippen molar-refractivity contribution in [3.63, 3.8) is 0 Å². The van der Waals surface area contributed by atoms with E-state index in [1.807, 2.05) is 0 Å². The maximum atomic E-state index is 10.5. The highest BCUT2D eigenvalue weighted by molar-refractivity contribution is 5.97. The third-order valence-corrected chi connectivity index (χ3v) is 1.76. The van der Waals surface area contributed by atoms with Crippen molar-refractivity contribution in [2.75, 3.05) is 11.9 Å². The summed E-state index contributed by atoms with van der Waals surface area (Å²) in [6.45, 7) is 0.0723. The molecule has 1 aromatic rings. The number of oxime groups is 1. The minimum absolute atomic E-state index is 0.0384. The van der Waals surface area contributed by atoms with Crippen LogP contribution in [0, 0.1) is 0 Å². The van der Waals surface area contributed by atoms with Crippen LogP contribution in [0.4, 0.5) is 5.69 Å². The normalized spacial score (nSPS) is 11.1. The van der Waals surface area contributed by atoms with Gasteiger partial charge in [0.25, 0.3) is 0 Å². The van der Waals surface area contributed by atoms with E-state index in [1.54, 1.807) is 24.3 Å². The van der Waals surface area contributed by atoms with Gasteiger partial charge in [0.05, 0.1) is 6.54 Å². The average Bonchev–Trinajstić information content (AvgIpc) is 2.26. The Hall–Kier alpha value is -2.24. The molecule has 0 aromatic heterocycles. The van der Waals surface area contributed by atoms with Gasteiger partial charge in [0.15, 0.2) is 5.84 Å². The molecular formula is C9H12N4O2. The molecule has 1 rings (SSSR count). The second-order valence-corrected chi connectivity index (χ2v) is 2.88.